The Kier molecular flexibility index (Phi) is 5.50. The molecular formula is C23H29N6O3+. The first-order valence-corrected chi connectivity index (χ1v) is 11.4. The van der Waals surface area contributed by atoms with Crippen molar-refractivity contribution in [2.24, 2.45) is 5.92 Å². The molecule has 2 fully saturated rings. The van der Waals surface area contributed by atoms with Gasteiger partial charge in [0.15, 0.2) is 0 Å². The number of likely N-dealkylation sites (tertiary alicyclic amines) is 2. The Morgan fingerprint density at radius 3 is 2.69 bits per heavy atom. The SMILES string of the molecule is CC(=O)N1CCC([NH+]2C[C@@H]3C[C@H](C2)c2c(NC(=O)c4cnccn4)ccc(=O)n2C3)CC1. The third-order valence-electron chi connectivity index (χ3n) is 7.29. The largest absolute Gasteiger partial charge is 0.342 e. The number of carbonyl (C=O) groups is 2. The molecule has 1 unspecified atom stereocenters. The summed E-state index contributed by atoms with van der Waals surface area (Å²) in [7, 11) is 0. The first kappa shape index (κ1) is 20.8. The van der Waals surface area contributed by atoms with E-state index in [0.29, 0.717) is 24.2 Å². The van der Waals surface area contributed by atoms with E-state index >= 15 is 0 Å². The minimum absolute atomic E-state index is 0.00887. The predicted octanol–water partition coefficient (Wildman–Crippen LogP) is -0.0965. The van der Waals surface area contributed by atoms with E-state index in [2.05, 4.69) is 15.3 Å². The van der Waals surface area contributed by atoms with Gasteiger partial charge >= 0.3 is 0 Å². The summed E-state index contributed by atoms with van der Waals surface area (Å²) in [6.07, 6.45) is 7.53. The number of nitrogens with zero attached hydrogens (tertiary/aromatic N) is 4. The smallest absolute Gasteiger partial charge is 0.275 e. The van der Waals surface area contributed by atoms with Gasteiger partial charge in [0.2, 0.25) is 5.91 Å². The van der Waals surface area contributed by atoms with Crippen molar-refractivity contribution in [3.8, 4) is 0 Å². The number of anilines is 1. The third-order valence-corrected chi connectivity index (χ3v) is 7.29. The molecule has 9 heteroatoms. The maximum Gasteiger partial charge on any atom is 0.275 e. The van der Waals surface area contributed by atoms with E-state index in [9.17, 15) is 14.4 Å². The van der Waals surface area contributed by atoms with Gasteiger partial charge in [-0.2, -0.15) is 0 Å². The van der Waals surface area contributed by atoms with Gasteiger partial charge in [0.25, 0.3) is 11.5 Å². The molecule has 32 heavy (non-hydrogen) atoms. The summed E-state index contributed by atoms with van der Waals surface area (Å²) in [6, 6.07) is 3.80. The number of aromatic nitrogens is 3. The molecule has 5 heterocycles. The number of pyridine rings is 1. The van der Waals surface area contributed by atoms with Crippen LogP contribution in [0, 0.1) is 5.92 Å². The van der Waals surface area contributed by atoms with Gasteiger partial charge in [0.05, 0.1) is 42.6 Å². The minimum Gasteiger partial charge on any atom is -0.342 e. The van der Waals surface area contributed by atoms with Gasteiger partial charge in [0.1, 0.15) is 5.69 Å². The highest BCUT2D eigenvalue weighted by atomic mass is 16.2. The molecule has 2 N–H and O–H groups in total. The van der Waals surface area contributed by atoms with Crippen molar-refractivity contribution in [2.45, 2.75) is 44.7 Å². The number of quaternary nitrogens is 1. The van der Waals surface area contributed by atoms with Crippen LogP contribution >= 0.6 is 0 Å². The standard InChI is InChI=1S/C23H28N6O3/c1-15(30)27-8-4-18(5-9-27)28-12-16-10-17(14-28)22-19(2-3-21(31)29(22)13-16)26-23(32)20-11-24-6-7-25-20/h2-3,6-7,11,16-18H,4-5,8-10,12-14H2,1H3,(H,26,32)/p+1/t16-,17+/m0/s1. The van der Waals surface area contributed by atoms with Crippen molar-refractivity contribution >= 4 is 17.5 Å². The Balaban J connectivity index is 1.38. The summed E-state index contributed by atoms with van der Waals surface area (Å²) < 4.78 is 1.86. The highest BCUT2D eigenvalue weighted by molar-refractivity contribution is 6.03. The van der Waals surface area contributed by atoms with Crippen molar-refractivity contribution in [2.75, 3.05) is 31.5 Å². The molecule has 9 nitrogen and oxygen atoms in total. The molecule has 2 aromatic heterocycles. The number of nitrogens with one attached hydrogen (secondary N) is 2. The Bertz CT molecular complexity index is 1080. The molecule has 3 aliphatic heterocycles. The lowest BCUT2D eigenvalue weighted by atomic mass is 9.81. The molecule has 5 rings (SSSR count). The van der Waals surface area contributed by atoms with Gasteiger partial charge in [-0.3, -0.25) is 19.4 Å². The lowest BCUT2D eigenvalue weighted by Crippen LogP contribution is -3.18. The van der Waals surface area contributed by atoms with Gasteiger partial charge in [0, 0.05) is 63.8 Å². The Morgan fingerprint density at radius 2 is 1.97 bits per heavy atom. The van der Waals surface area contributed by atoms with Crippen LogP contribution in [0.2, 0.25) is 0 Å². The highest BCUT2D eigenvalue weighted by Gasteiger charge is 2.42. The van der Waals surface area contributed by atoms with Crippen LogP contribution in [0.25, 0.3) is 0 Å². The number of amides is 2. The normalized spacial score (nSPS) is 25.2. The van der Waals surface area contributed by atoms with Crippen molar-refractivity contribution in [1.82, 2.24) is 19.4 Å². The molecule has 3 atom stereocenters. The molecule has 2 bridgehead atoms. The monoisotopic (exact) mass is 437 g/mol. The summed E-state index contributed by atoms with van der Waals surface area (Å²) in [5.74, 6) is 0.504. The number of carbonyl (C=O) groups excluding carboxylic acids is 2. The van der Waals surface area contributed by atoms with E-state index in [4.69, 9.17) is 0 Å². The first-order valence-electron chi connectivity index (χ1n) is 11.4. The zero-order valence-electron chi connectivity index (χ0n) is 18.3. The molecule has 168 valence electrons. The van der Waals surface area contributed by atoms with Gasteiger partial charge in [-0.15, -0.1) is 0 Å². The third kappa shape index (κ3) is 3.92. The summed E-state index contributed by atoms with van der Waals surface area (Å²) in [6.45, 7) is 5.99. The van der Waals surface area contributed by atoms with E-state index in [1.165, 1.54) is 18.6 Å². The van der Waals surface area contributed by atoms with E-state index in [1.54, 1.807) is 24.0 Å². The topological polar surface area (TPSA) is 102 Å². The van der Waals surface area contributed by atoms with Gasteiger partial charge in [-0.1, -0.05) is 0 Å². The number of fused-ring (bicyclic) bond motifs is 4. The molecule has 0 spiro atoms. The molecule has 0 aliphatic carbocycles. The molecular weight excluding hydrogens is 408 g/mol. The zero-order valence-corrected chi connectivity index (χ0v) is 18.3. The molecule has 2 aromatic rings. The fourth-order valence-corrected chi connectivity index (χ4v) is 5.81. The van der Waals surface area contributed by atoms with Crippen molar-refractivity contribution in [3.63, 3.8) is 0 Å². The summed E-state index contributed by atoms with van der Waals surface area (Å²) >= 11 is 0. The highest BCUT2D eigenvalue weighted by Crippen LogP contribution is 2.35. The lowest BCUT2D eigenvalue weighted by molar-refractivity contribution is -0.937. The molecule has 2 saturated heterocycles. The molecule has 0 radical (unpaired) electrons. The average molecular weight is 438 g/mol. The summed E-state index contributed by atoms with van der Waals surface area (Å²) in [4.78, 5) is 48.6. The molecule has 2 amide bonds. The Labute approximate surface area is 186 Å². The van der Waals surface area contributed by atoms with E-state index in [1.807, 2.05) is 9.47 Å². The van der Waals surface area contributed by atoms with Crippen molar-refractivity contribution in [3.05, 3.63) is 52.5 Å². The van der Waals surface area contributed by atoms with Crippen LogP contribution in [-0.4, -0.2) is 63.5 Å². The van der Waals surface area contributed by atoms with Gasteiger partial charge < -0.3 is 19.7 Å². The molecule has 0 aromatic carbocycles. The maximum atomic E-state index is 12.7. The summed E-state index contributed by atoms with van der Waals surface area (Å²) in [5.41, 5.74) is 1.87. The van der Waals surface area contributed by atoms with E-state index in [0.717, 1.165) is 51.1 Å². The van der Waals surface area contributed by atoms with Crippen LogP contribution in [0.4, 0.5) is 5.69 Å². The Hall–Kier alpha value is -3.07. The number of hydrogen-bond acceptors (Lipinski definition) is 5. The zero-order chi connectivity index (χ0) is 22.2. The summed E-state index contributed by atoms with van der Waals surface area (Å²) in [5, 5.41) is 2.97. The second kappa shape index (κ2) is 8.46. The molecule has 0 saturated carbocycles. The van der Waals surface area contributed by atoms with Crippen LogP contribution in [0.15, 0.2) is 35.5 Å². The predicted molar refractivity (Wildman–Crippen MR) is 118 cm³/mol. The Morgan fingerprint density at radius 1 is 1.16 bits per heavy atom. The van der Waals surface area contributed by atoms with Crippen LogP contribution in [-0.2, 0) is 11.3 Å². The second-order valence-electron chi connectivity index (χ2n) is 9.27. The van der Waals surface area contributed by atoms with Gasteiger partial charge in [-0.05, 0) is 12.5 Å². The van der Waals surface area contributed by atoms with Crippen molar-refractivity contribution in [1.29, 1.82) is 0 Å². The quantitative estimate of drug-likeness (QED) is 0.699. The van der Waals surface area contributed by atoms with Crippen LogP contribution in [0.3, 0.4) is 0 Å². The minimum atomic E-state index is -0.321. The van der Waals surface area contributed by atoms with Crippen LogP contribution < -0.4 is 15.8 Å². The lowest BCUT2D eigenvalue weighted by Gasteiger charge is -2.45. The fraction of sp³-hybridized carbons (Fsp3) is 0.522. The van der Waals surface area contributed by atoms with Crippen molar-refractivity contribution < 1.29 is 14.5 Å². The van der Waals surface area contributed by atoms with E-state index < -0.39 is 0 Å². The molecule has 3 aliphatic rings. The maximum absolute atomic E-state index is 12.7. The second-order valence-corrected chi connectivity index (χ2v) is 9.27. The number of piperidine rings is 2. The number of hydrogen-bond donors (Lipinski definition) is 2. The van der Waals surface area contributed by atoms with Crippen LogP contribution in [0.5, 0.6) is 0 Å². The fourth-order valence-electron chi connectivity index (χ4n) is 5.81. The van der Waals surface area contributed by atoms with Gasteiger partial charge in [-0.25, -0.2) is 4.98 Å². The van der Waals surface area contributed by atoms with Crippen LogP contribution in [0.1, 0.15) is 48.3 Å². The van der Waals surface area contributed by atoms with E-state index in [-0.39, 0.29) is 29.0 Å². The number of rotatable bonds is 3. The first-order chi connectivity index (χ1) is 15.5. The average Bonchev–Trinajstić information content (AvgIpc) is 2.81.